The van der Waals surface area contributed by atoms with Crippen LogP contribution in [-0.4, -0.2) is 38.8 Å². The molecule has 1 aromatic rings. The molecule has 0 saturated carbocycles. The van der Waals surface area contributed by atoms with E-state index in [2.05, 4.69) is 10.3 Å². The van der Waals surface area contributed by atoms with Crippen molar-refractivity contribution < 1.29 is 29.3 Å². The summed E-state index contributed by atoms with van der Waals surface area (Å²) >= 11 is 0.917. The molecule has 1 rings (SSSR count). The van der Waals surface area contributed by atoms with E-state index >= 15 is 0 Å². The standard InChI is InChI=1S/C11H14N2O6S/c1-11(2,3)19-10(18)13-9-12-5(4-20-9)6(7(14)15)8(16)17/h4,6H,1-3H3,(H,14,15)(H,16,17)(H,12,13,18). The van der Waals surface area contributed by atoms with Crippen molar-refractivity contribution in [3.63, 3.8) is 0 Å². The molecule has 1 aromatic heterocycles. The molecule has 0 fully saturated rings. The van der Waals surface area contributed by atoms with Crippen LogP contribution in [0.4, 0.5) is 9.93 Å². The minimum Gasteiger partial charge on any atom is -0.480 e. The number of carbonyl (C=O) groups excluding carboxylic acids is 1. The summed E-state index contributed by atoms with van der Waals surface area (Å²) in [6.07, 6.45) is -0.749. The third kappa shape index (κ3) is 4.50. The van der Waals surface area contributed by atoms with Crippen molar-refractivity contribution in [2.45, 2.75) is 32.3 Å². The largest absolute Gasteiger partial charge is 0.480 e. The van der Waals surface area contributed by atoms with Gasteiger partial charge in [-0.05, 0) is 20.8 Å². The molecule has 3 N–H and O–H groups in total. The number of thiazole rings is 1. The van der Waals surface area contributed by atoms with E-state index in [-0.39, 0.29) is 10.8 Å². The molecule has 9 heteroatoms. The second-order valence-electron chi connectivity index (χ2n) is 4.81. The Labute approximate surface area is 118 Å². The van der Waals surface area contributed by atoms with Crippen molar-refractivity contribution in [2.24, 2.45) is 0 Å². The van der Waals surface area contributed by atoms with E-state index in [0.29, 0.717) is 0 Å². The van der Waals surface area contributed by atoms with E-state index in [1.807, 2.05) is 0 Å². The van der Waals surface area contributed by atoms with Gasteiger partial charge in [0.2, 0.25) is 0 Å². The third-order valence-electron chi connectivity index (χ3n) is 1.92. The van der Waals surface area contributed by atoms with Crippen molar-refractivity contribution >= 4 is 34.5 Å². The minimum absolute atomic E-state index is 0.0711. The molecule has 0 aliphatic rings. The SMILES string of the molecule is CC(C)(C)OC(=O)Nc1nc(C(C(=O)O)C(=O)O)cs1. The van der Waals surface area contributed by atoms with Crippen molar-refractivity contribution in [1.82, 2.24) is 4.98 Å². The maximum absolute atomic E-state index is 11.5. The molecule has 0 aliphatic heterocycles. The van der Waals surface area contributed by atoms with E-state index in [1.54, 1.807) is 20.8 Å². The number of nitrogens with one attached hydrogen (secondary N) is 1. The monoisotopic (exact) mass is 302 g/mol. The molecular weight excluding hydrogens is 288 g/mol. The summed E-state index contributed by atoms with van der Waals surface area (Å²) in [7, 11) is 0. The first kappa shape index (κ1) is 15.9. The summed E-state index contributed by atoms with van der Waals surface area (Å²) in [5.41, 5.74) is -0.837. The normalized spacial score (nSPS) is 11.2. The lowest BCUT2D eigenvalue weighted by Crippen LogP contribution is -2.27. The summed E-state index contributed by atoms with van der Waals surface area (Å²) < 4.78 is 4.99. The molecule has 0 unspecified atom stereocenters. The molecule has 8 nitrogen and oxygen atoms in total. The highest BCUT2D eigenvalue weighted by Crippen LogP contribution is 2.23. The Morgan fingerprint density at radius 3 is 2.30 bits per heavy atom. The molecule has 0 radical (unpaired) electrons. The first-order valence-electron chi connectivity index (χ1n) is 5.51. The zero-order chi connectivity index (χ0) is 15.5. The Morgan fingerprint density at radius 2 is 1.85 bits per heavy atom. The van der Waals surface area contributed by atoms with Crippen molar-refractivity contribution in [3.8, 4) is 0 Å². The lowest BCUT2D eigenvalue weighted by atomic mass is 10.1. The molecule has 0 bridgehead atoms. The van der Waals surface area contributed by atoms with Gasteiger partial charge in [0.25, 0.3) is 0 Å². The van der Waals surface area contributed by atoms with Gasteiger partial charge in [-0.2, -0.15) is 0 Å². The van der Waals surface area contributed by atoms with E-state index in [0.717, 1.165) is 11.3 Å². The summed E-state index contributed by atoms with van der Waals surface area (Å²) in [5, 5.41) is 21.3. The van der Waals surface area contributed by atoms with Crippen molar-refractivity contribution in [3.05, 3.63) is 11.1 Å². The van der Waals surface area contributed by atoms with Crippen LogP contribution in [0.15, 0.2) is 5.38 Å². The zero-order valence-electron chi connectivity index (χ0n) is 11.0. The molecule has 0 aromatic carbocycles. The molecule has 110 valence electrons. The second kappa shape index (κ2) is 5.87. The maximum atomic E-state index is 11.5. The Morgan fingerprint density at radius 1 is 1.30 bits per heavy atom. The lowest BCUT2D eigenvalue weighted by Gasteiger charge is -2.18. The number of carboxylic acid groups (broad SMARTS) is 2. The summed E-state index contributed by atoms with van der Waals surface area (Å²) in [4.78, 5) is 36.9. The fraction of sp³-hybridized carbons (Fsp3) is 0.455. The third-order valence-corrected chi connectivity index (χ3v) is 2.70. The Hall–Kier alpha value is -2.16. The number of hydrogen-bond donors (Lipinski definition) is 3. The highest BCUT2D eigenvalue weighted by atomic mass is 32.1. The van der Waals surface area contributed by atoms with Gasteiger partial charge >= 0.3 is 18.0 Å². The van der Waals surface area contributed by atoms with Crippen molar-refractivity contribution in [1.29, 1.82) is 0 Å². The summed E-state index contributed by atoms with van der Waals surface area (Å²) in [6.45, 7) is 5.06. The molecular formula is C11H14N2O6S. The van der Waals surface area contributed by atoms with Crippen molar-refractivity contribution in [2.75, 3.05) is 5.32 Å². The topological polar surface area (TPSA) is 126 Å². The van der Waals surface area contributed by atoms with Crippen LogP contribution in [0, 0.1) is 0 Å². The highest BCUT2D eigenvalue weighted by molar-refractivity contribution is 7.14. The number of hydrogen-bond acceptors (Lipinski definition) is 6. The molecule has 20 heavy (non-hydrogen) atoms. The van der Waals surface area contributed by atoms with Gasteiger partial charge in [-0.25, -0.2) is 9.78 Å². The quantitative estimate of drug-likeness (QED) is 0.723. The Balaban J connectivity index is 2.80. The number of nitrogens with zero attached hydrogens (tertiary/aromatic N) is 1. The van der Waals surface area contributed by atoms with Gasteiger partial charge in [-0.15, -0.1) is 11.3 Å². The summed E-state index contributed by atoms with van der Waals surface area (Å²) in [6, 6.07) is 0. The van der Waals surface area contributed by atoms with Crippen LogP contribution in [0.5, 0.6) is 0 Å². The molecule has 0 atom stereocenters. The number of rotatable bonds is 4. The number of anilines is 1. The van der Waals surface area contributed by atoms with E-state index in [9.17, 15) is 14.4 Å². The number of amides is 1. The molecule has 1 amide bonds. The van der Waals surface area contributed by atoms with Crippen LogP contribution in [-0.2, 0) is 14.3 Å². The van der Waals surface area contributed by atoms with Crippen LogP contribution in [0.2, 0.25) is 0 Å². The molecule has 0 aliphatic carbocycles. The van der Waals surface area contributed by atoms with Gasteiger partial charge in [-0.3, -0.25) is 14.9 Å². The van der Waals surface area contributed by atoms with Crippen LogP contribution in [0.1, 0.15) is 32.4 Å². The first-order valence-corrected chi connectivity index (χ1v) is 6.39. The van der Waals surface area contributed by atoms with Crippen LogP contribution < -0.4 is 5.32 Å². The van der Waals surface area contributed by atoms with Gasteiger partial charge in [0.1, 0.15) is 5.60 Å². The van der Waals surface area contributed by atoms with Gasteiger partial charge < -0.3 is 14.9 Å². The first-order chi connectivity index (χ1) is 9.10. The smallest absolute Gasteiger partial charge is 0.413 e. The number of carbonyl (C=O) groups is 3. The van der Waals surface area contributed by atoms with Crippen LogP contribution in [0.25, 0.3) is 0 Å². The van der Waals surface area contributed by atoms with Crippen LogP contribution in [0.3, 0.4) is 0 Å². The van der Waals surface area contributed by atoms with Crippen LogP contribution >= 0.6 is 11.3 Å². The highest BCUT2D eigenvalue weighted by Gasteiger charge is 2.30. The molecule has 0 saturated heterocycles. The maximum Gasteiger partial charge on any atom is 0.413 e. The fourth-order valence-electron chi connectivity index (χ4n) is 1.23. The Kier molecular flexibility index (Phi) is 4.66. The summed E-state index contributed by atoms with van der Waals surface area (Å²) in [5.74, 6) is -4.81. The number of aliphatic carboxylic acids is 2. The van der Waals surface area contributed by atoms with Gasteiger partial charge in [0, 0.05) is 5.38 Å². The second-order valence-corrected chi connectivity index (χ2v) is 5.67. The number of carboxylic acids is 2. The zero-order valence-corrected chi connectivity index (χ0v) is 11.9. The van der Waals surface area contributed by atoms with Gasteiger partial charge in [0.15, 0.2) is 11.0 Å². The number of ether oxygens (including phenoxy) is 1. The number of aromatic nitrogens is 1. The molecule has 0 spiro atoms. The van der Waals surface area contributed by atoms with E-state index < -0.39 is 29.6 Å². The molecule has 1 heterocycles. The fourth-order valence-corrected chi connectivity index (χ4v) is 1.95. The van der Waals surface area contributed by atoms with Gasteiger partial charge in [-0.1, -0.05) is 0 Å². The Bertz CT molecular complexity index is 519. The minimum atomic E-state index is -1.76. The van der Waals surface area contributed by atoms with E-state index in [4.69, 9.17) is 14.9 Å². The average Bonchev–Trinajstić information content (AvgIpc) is 2.61. The average molecular weight is 302 g/mol. The lowest BCUT2D eigenvalue weighted by molar-refractivity contribution is -0.150. The predicted molar refractivity (Wildman–Crippen MR) is 70.0 cm³/mol. The van der Waals surface area contributed by atoms with Gasteiger partial charge in [0.05, 0.1) is 5.69 Å². The van der Waals surface area contributed by atoms with E-state index in [1.165, 1.54) is 5.38 Å². The predicted octanol–water partition coefficient (Wildman–Crippen LogP) is 1.74.